The molecule has 10 nitrogen and oxygen atoms in total. The molecule has 0 saturated heterocycles. The van der Waals surface area contributed by atoms with E-state index in [1.54, 1.807) is 27.8 Å². The van der Waals surface area contributed by atoms with Gasteiger partial charge in [-0.25, -0.2) is 9.59 Å². The molecule has 0 bridgehead atoms. The second-order valence-electron chi connectivity index (χ2n) is 17.0. The molecule has 0 aliphatic carbocycles. The predicted octanol–water partition coefficient (Wildman–Crippen LogP) is 9.45. The number of rotatable bonds is 22. The van der Waals surface area contributed by atoms with Crippen LogP contribution in [0.15, 0.2) is 43.0 Å². The Hall–Kier alpha value is -3.18. The van der Waals surface area contributed by atoms with E-state index in [2.05, 4.69) is 47.4 Å². The molecule has 0 spiro atoms. The van der Waals surface area contributed by atoms with Gasteiger partial charge in [0.2, 0.25) is 6.10 Å². The van der Waals surface area contributed by atoms with E-state index in [1.807, 2.05) is 51.1 Å². The summed E-state index contributed by atoms with van der Waals surface area (Å²) in [7, 11) is -0.838. The van der Waals surface area contributed by atoms with Crippen LogP contribution in [-0.2, 0) is 44.2 Å². The molecule has 0 aliphatic rings. The molecule has 0 radical (unpaired) electrons. The minimum Gasteiger partial charge on any atom is -0.461 e. The lowest BCUT2D eigenvalue weighted by atomic mass is 9.97. The van der Waals surface area contributed by atoms with Gasteiger partial charge in [0.15, 0.2) is 8.32 Å². The van der Waals surface area contributed by atoms with Crippen molar-refractivity contribution in [1.29, 1.82) is 0 Å². The van der Waals surface area contributed by atoms with Crippen LogP contribution in [0, 0.1) is 11.8 Å². The second-order valence-corrected chi connectivity index (χ2v) is 21.8. The standard InChI is InChI=1S/C42H71NO9Si/c1-15-17-18-19-23-26-34(31(5)38(45)50-37(30(3)4)39(46)48-27-16-2)49-36(44)29-35(52-53(13,14)42(9,10)11)33(28-32-24-21-20-22-25-32)43(12)40(47)51-41(6,7)8/h16,20-22,24-25,30-31,33-35,37H,2,15,17-19,23,26-29H2,1,3-14H3/t31-,33-,34+,35+,37-/m0/s1. The topological polar surface area (TPSA) is 118 Å². The quantitative estimate of drug-likeness (QED) is 0.0374. The van der Waals surface area contributed by atoms with Gasteiger partial charge in [0, 0.05) is 13.0 Å². The SMILES string of the molecule is C=CCOC(=O)[C@@H](OC(=O)[C@@H](C)[C@@H](CCCCCCC)OC(=O)C[C@@H](O[Si](C)(C)C(C)(C)C)[C@H](Cc1ccccc1)N(C)C(=O)OC(C)(C)C)C(C)C. The molecule has 302 valence electrons. The molecule has 1 amide bonds. The first-order chi connectivity index (χ1) is 24.5. The highest BCUT2D eigenvalue weighted by atomic mass is 28.4. The first-order valence-corrected chi connectivity index (χ1v) is 22.3. The smallest absolute Gasteiger partial charge is 0.410 e. The lowest BCUT2D eigenvalue weighted by Gasteiger charge is -2.43. The molecule has 0 aromatic heterocycles. The van der Waals surface area contributed by atoms with Gasteiger partial charge in [-0.1, -0.05) is 110 Å². The third-order valence-corrected chi connectivity index (χ3v) is 14.2. The Morgan fingerprint density at radius 1 is 0.868 bits per heavy atom. The van der Waals surface area contributed by atoms with Gasteiger partial charge in [-0.15, -0.1) is 0 Å². The summed E-state index contributed by atoms with van der Waals surface area (Å²) < 4.78 is 29.9. The van der Waals surface area contributed by atoms with E-state index in [0.29, 0.717) is 12.8 Å². The van der Waals surface area contributed by atoms with Gasteiger partial charge in [0.1, 0.15) is 18.3 Å². The summed E-state index contributed by atoms with van der Waals surface area (Å²) in [6.07, 6.45) is 3.80. The maximum Gasteiger partial charge on any atom is 0.410 e. The molecule has 0 fully saturated rings. The summed E-state index contributed by atoms with van der Waals surface area (Å²) in [6, 6.07) is 9.18. The zero-order valence-electron chi connectivity index (χ0n) is 35.1. The Bertz CT molecular complexity index is 1290. The van der Waals surface area contributed by atoms with Crippen LogP contribution in [0.5, 0.6) is 0 Å². The van der Waals surface area contributed by atoms with E-state index < -0.39 is 68.2 Å². The van der Waals surface area contributed by atoms with E-state index in [1.165, 1.54) is 11.0 Å². The monoisotopic (exact) mass is 761 g/mol. The normalized spacial score (nSPS) is 15.1. The molecule has 0 unspecified atom stereocenters. The van der Waals surface area contributed by atoms with Gasteiger partial charge in [0.25, 0.3) is 0 Å². The molecule has 0 saturated carbocycles. The summed E-state index contributed by atoms with van der Waals surface area (Å²) in [5.74, 6) is -3.05. The minimum absolute atomic E-state index is 0.000345. The van der Waals surface area contributed by atoms with Gasteiger partial charge in [0.05, 0.1) is 24.5 Å². The minimum atomic E-state index is -2.52. The first-order valence-electron chi connectivity index (χ1n) is 19.4. The zero-order chi connectivity index (χ0) is 40.6. The highest BCUT2D eigenvalue weighted by molar-refractivity contribution is 6.74. The number of ether oxygens (including phenoxy) is 4. The van der Waals surface area contributed by atoms with Crippen molar-refractivity contribution in [3.05, 3.63) is 48.6 Å². The fourth-order valence-electron chi connectivity index (χ4n) is 5.46. The van der Waals surface area contributed by atoms with Crippen LogP contribution < -0.4 is 0 Å². The Morgan fingerprint density at radius 2 is 1.47 bits per heavy atom. The van der Waals surface area contributed by atoms with Crippen LogP contribution in [0.2, 0.25) is 18.1 Å². The summed E-state index contributed by atoms with van der Waals surface area (Å²) in [4.78, 5) is 55.6. The molecule has 11 heteroatoms. The Kier molecular flexibility index (Phi) is 20.1. The highest BCUT2D eigenvalue weighted by Gasteiger charge is 2.44. The van der Waals surface area contributed by atoms with E-state index >= 15 is 0 Å². The number of unbranched alkanes of at least 4 members (excludes halogenated alkanes) is 4. The van der Waals surface area contributed by atoms with Crippen LogP contribution >= 0.6 is 0 Å². The van der Waals surface area contributed by atoms with Gasteiger partial charge in [-0.05, 0) is 70.7 Å². The molecule has 53 heavy (non-hydrogen) atoms. The van der Waals surface area contributed by atoms with Crippen molar-refractivity contribution in [3.63, 3.8) is 0 Å². The molecule has 1 aromatic carbocycles. The van der Waals surface area contributed by atoms with Gasteiger partial charge < -0.3 is 28.3 Å². The number of esters is 3. The second kappa shape index (κ2) is 22.3. The van der Waals surface area contributed by atoms with Crippen molar-refractivity contribution in [1.82, 2.24) is 4.90 Å². The number of hydrogen-bond acceptors (Lipinski definition) is 9. The molecule has 1 rings (SSSR count). The lowest BCUT2D eigenvalue weighted by molar-refractivity contribution is -0.177. The largest absolute Gasteiger partial charge is 0.461 e. The Labute approximate surface area is 321 Å². The highest BCUT2D eigenvalue weighted by Crippen LogP contribution is 2.39. The van der Waals surface area contributed by atoms with Crippen molar-refractivity contribution in [3.8, 4) is 0 Å². The molecule has 0 N–H and O–H groups in total. The van der Waals surface area contributed by atoms with Crippen molar-refractivity contribution < 1.29 is 42.6 Å². The lowest BCUT2D eigenvalue weighted by Crippen LogP contribution is -2.54. The third-order valence-electron chi connectivity index (χ3n) is 9.74. The van der Waals surface area contributed by atoms with Gasteiger partial charge in [-0.3, -0.25) is 9.59 Å². The maximum atomic E-state index is 14.1. The summed E-state index contributed by atoms with van der Waals surface area (Å²) >= 11 is 0. The number of carbonyl (C=O) groups excluding carboxylic acids is 4. The summed E-state index contributed by atoms with van der Waals surface area (Å²) in [5, 5.41) is -0.198. The van der Waals surface area contributed by atoms with Crippen molar-refractivity contribution in [2.75, 3.05) is 13.7 Å². The number of hydrogen-bond donors (Lipinski definition) is 0. The van der Waals surface area contributed by atoms with Crippen LogP contribution in [-0.4, -0.2) is 80.8 Å². The molecule has 5 atom stereocenters. The summed E-state index contributed by atoms with van der Waals surface area (Å²) in [5.41, 5.74) is 0.237. The molecular formula is C42H71NO9Si. The maximum absolute atomic E-state index is 14.1. The average molecular weight is 762 g/mol. The van der Waals surface area contributed by atoms with Crippen molar-refractivity contribution in [2.24, 2.45) is 11.8 Å². The van der Waals surface area contributed by atoms with Gasteiger partial charge >= 0.3 is 24.0 Å². The Balaban J connectivity index is 3.55. The average Bonchev–Trinajstić information content (AvgIpc) is 3.05. The number of carbonyl (C=O) groups is 4. The van der Waals surface area contributed by atoms with E-state index in [0.717, 1.165) is 37.7 Å². The first kappa shape index (κ1) is 47.8. The van der Waals surface area contributed by atoms with E-state index in [9.17, 15) is 19.2 Å². The molecular weight excluding hydrogens is 691 g/mol. The number of nitrogens with zero attached hydrogens (tertiary/aromatic N) is 1. The molecule has 0 aliphatic heterocycles. The van der Waals surface area contributed by atoms with Crippen LogP contribution in [0.4, 0.5) is 4.79 Å². The third kappa shape index (κ3) is 17.2. The summed E-state index contributed by atoms with van der Waals surface area (Å²) in [6.45, 7) is 26.9. The van der Waals surface area contributed by atoms with Crippen molar-refractivity contribution >= 4 is 32.3 Å². The molecule has 0 heterocycles. The Morgan fingerprint density at radius 3 is 2.00 bits per heavy atom. The number of benzene rings is 1. The van der Waals surface area contributed by atoms with Crippen LogP contribution in [0.1, 0.15) is 120 Å². The van der Waals surface area contributed by atoms with Crippen LogP contribution in [0.25, 0.3) is 0 Å². The van der Waals surface area contributed by atoms with Gasteiger partial charge in [-0.2, -0.15) is 0 Å². The van der Waals surface area contributed by atoms with Crippen molar-refractivity contribution in [2.45, 2.75) is 169 Å². The fraction of sp³-hybridized carbons (Fsp3) is 0.714. The van der Waals surface area contributed by atoms with E-state index in [4.69, 9.17) is 23.4 Å². The fourth-order valence-corrected chi connectivity index (χ4v) is 6.81. The zero-order valence-corrected chi connectivity index (χ0v) is 36.1. The number of likely N-dealkylation sites (N-methyl/N-ethyl adjacent to an activating group) is 1. The predicted molar refractivity (Wildman–Crippen MR) is 213 cm³/mol. The number of amides is 1. The van der Waals surface area contributed by atoms with Crippen LogP contribution in [0.3, 0.4) is 0 Å². The van der Waals surface area contributed by atoms with E-state index in [-0.39, 0.29) is 24.0 Å². The molecule has 1 aromatic rings.